The van der Waals surface area contributed by atoms with Crippen LogP contribution in [0.25, 0.3) is 0 Å². The van der Waals surface area contributed by atoms with E-state index in [2.05, 4.69) is 10.1 Å². The van der Waals surface area contributed by atoms with Gasteiger partial charge in [-0.05, 0) is 73.2 Å². The molecule has 3 aromatic rings. The number of alkyl halides is 3. The fourth-order valence-corrected chi connectivity index (χ4v) is 5.75. The predicted octanol–water partition coefficient (Wildman–Crippen LogP) is 5.43. The molecule has 0 fully saturated rings. The Labute approximate surface area is 246 Å². The lowest BCUT2D eigenvalue weighted by Crippen LogP contribution is -2.29. The molecule has 1 aliphatic carbocycles. The number of nitrogens with one attached hydrogen (secondary N) is 1. The van der Waals surface area contributed by atoms with Gasteiger partial charge in [0.05, 0.1) is 18.6 Å². The Balaban J connectivity index is 1.70. The first-order valence-electron chi connectivity index (χ1n) is 13.4. The number of methoxy groups -OCH3 is 1. The number of halogens is 4. The molecule has 0 aliphatic heterocycles. The van der Waals surface area contributed by atoms with Crippen LogP contribution in [0.15, 0.2) is 59.5 Å². The summed E-state index contributed by atoms with van der Waals surface area (Å²) in [4.78, 5) is 14.2. The van der Waals surface area contributed by atoms with E-state index in [-0.39, 0.29) is 52.4 Å². The van der Waals surface area contributed by atoms with Crippen molar-refractivity contribution >= 4 is 21.3 Å². The van der Waals surface area contributed by atoms with Gasteiger partial charge >= 0.3 is 6.36 Å². The van der Waals surface area contributed by atoms with Crippen LogP contribution in [-0.4, -0.2) is 52.2 Å². The molecule has 2 N–H and O–H groups in total. The van der Waals surface area contributed by atoms with Crippen LogP contribution in [0.1, 0.15) is 35.6 Å². The third-order valence-electron chi connectivity index (χ3n) is 7.11. The van der Waals surface area contributed by atoms with Crippen LogP contribution in [0.4, 0.5) is 23.2 Å². The molecular weight excluding hydrogens is 594 g/mol. The molecule has 0 radical (unpaired) electrons. The lowest BCUT2D eigenvalue weighted by molar-refractivity contribution is -0.274. The van der Waals surface area contributed by atoms with Crippen molar-refractivity contribution in [1.29, 1.82) is 0 Å². The topological polar surface area (TPSA) is 111 Å². The molecule has 8 nitrogen and oxygen atoms in total. The monoisotopic (exact) mass is 625 g/mol. The van der Waals surface area contributed by atoms with Crippen LogP contribution in [-0.2, 0) is 27.5 Å². The molecule has 1 aliphatic rings. The molecule has 0 bridgehead atoms. The van der Waals surface area contributed by atoms with Crippen molar-refractivity contribution in [2.45, 2.75) is 43.0 Å². The van der Waals surface area contributed by atoms with Crippen LogP contribution in [0.3, 0.4) is 0 Å². The molecular formula is C30H31F4NO7S. The maximum absolute atomic E-state index is 14.2. The highest BCUT2D eigenvalue weighted by Crippen LogP contribution is 2.37. The van der Waals surface area contributed by atoms with E-state index in [1.807, 2.05) is 0 Å². The first kappa shape index (κ1) is 32.1. The van der Waals surface area contributed by atoms with Gasteiger partial charge in [-0.15, -0.1) is 13.2 Å². The van der Waals surface area contributed by atoms with Crippen LogP contribution < -0.4 is 19.5 Å². The number of benzene rings is 3. The van der Waals surface area contributed by atoms with Crippen LogP contribution in [0.2, 0.25) is 0 Å². The van der Waals surface area contributed by atoms with Gasteiger partial charge in [0.25, 0.3) is 0 Å². The minimum Gasteiger partial charge on any atom is -0.497 e. The van der Waals surface area contributed by atoms with Gasteiger partial charge < -0.3 is 24.6 Å². The number of aliphatic hydroxyl groups is 1. The Morgan fingerprint density at radius 3 is 2.40 bits per heavy atom. The number of ether oxygens (including phenoxy) is 3. The summed E-state index contributed by atoms with van der Waals surface area (Å²) in [6.07, 6.45) is -2.40. The third-order valence-corrected chi connectivity index (χ3v) is 8.20. The first-order valence-corrected chi connectivity index (χ1v) is 15.3. The highest BCUT2D eigenvalue weighted by molar-refractivity contribution is 7.90. The molecule has 0 spiro atoms. The van der Waals surface area contributed by atoms with Gasteiger partial charge in [0.15, 0.2) is 15.6 Å². The molecule has 232 valence electrons. The lowest BCUT2D eigenvalue weighted by Gasteiger charge is -2.26. The van der Waals surface area contributed by atoms with E-state index in [9.17, 15) is 35.9 Å². The Kier molecular flexibility index (Phi) is 9.86. The second-order valence-electron chi connectivity index (χ2n) is 10.2. The van der Waals surface area contributed by atoms with E-state index in [0.717, 1.165) is 24.0 Å². The van der Waals surface area contributed by atoms with Crippen molar-refractivity contribution in [3.8, 4) is 17.2 Å². The number of carbonyl (C=O) groups is 1. The van der Waals surface area contributed by atoms with E-state index in [1.165, 1.54) is 43.5 Å². The number of hydrogen-bond acceptors (Lipinski definition) is 8. The molecule has 2 atom stereocenters. The number of carbonyl (C=O) groups excluding carboxylic acids is 1. The average Bonchev–Trinajstić information content (AvgIpc) is 3.15. The smallest absolute Gasteiger partial charge is 0.497 e. The number of anilines is 1. The van der Waals surface area contributed by atoms with Crippen molar-refractivity contribution < 1.29 is 50.1 Å². The van der Waals surface area contributed by atoms with Gasteiger partial charge in [-0.25, -0.2) is 12.8 Å². The second-order valence-corrected chi connectivity index (χ2v) is 12.2. The van der Waals surface area contributed by atoms with Crippen LogP contribution >= 0.6 is 0 Å². The van der Waals surface area contributed by atoms with E-state index in [1.54, 1.807) is 6.07 Å². The van der Waals surface area contributed by atoms with Gasteiger partial charge in [-0.1, -0.05) is 6.07 Å². The number of fused-ring (bicyclic) bond motifs is 1. The highest BCUT2D eigenvalue weighted by atomic mass is 32.2. The standard InChI is InChI=1S/C30H31F4NO7S/c1-40-24-15-22(16-25(17-24)43(2,38)39)35-28(26-10-8-21(31)14-27(26)41-12-11-36)29(37)19-4-3-18-7-9-23(42-30(32,33)34)13-20(18)6-5-19/h7-10,13-17,19,28,35-36H,3-6,11-12H2,1-2H3. The van der Waals surface area contributed by atoms with E-state index in [0.29, 0.717) is 31.2 Å². The fraction of sp³-hybridized carbons (Fsp3) is 0.367. The Morgan fingerprint density at radius 2 is 1.74 bits per heavy atom. The first-order chi connectivity index (χ1) is 20.3. The maximum Gasteiger partial charge on any atom is 0.573 e. The van der Waals surface area contributed by atoms with Gasteiger partial charge in [0, 0.05) is 35.6 Å². The second kappa shape index (κ2) is 13.2. The van der Waals surface area contributed by atoms with Crippen molar-refractivity contribution in [2.24, 2.45) is 5.92 Å². The van der Waals surface area contributed by atoms with Crippen molar-refractivity contribution in [3.05, 3.63) is 77.1 Å². The molecule has 3 aromatic carbocycles. The summed E-state index contributed by atoms with van der Waals surface area (Å²) in [5, 5.41) is 12.4. The quantitative estimate of drug-likeness (QED) is 0.215. The Bertz CT molecular complexity index is 1580. The molecule has 0 amide bonds. The number of Topliss-reactive ketones (excluding diaryl/α,β-unsaturated/α-hetero) is 1. The summed E-state index contributed by atoms with van der Waals surface area (Å²) in [5.74, 6) is -1.64. The lowest BCUT2D eigenvalue weighted by atomic mass is 9.87. The SMILES string of the molecule is COc1cc(NC(C(=O)C2CCc3ccc(OC(F)(F)F)cc3CC2)c2ccc(F)cc2OCCO)cc(S(C)(=O)=O)c1. The average molecular weight is 626 g/mol. The molecule has 4 rings (SSSR count). The summed E-state index contributed by atoms with van der Waals surface area (Å²) in [6, 6.07) is 10.8. The molecule has 0 aromatic heterocycles. The predicted molar refractivity (Wildman–Crippen MR) is 150 cm³/mol. The summed E-state index contributed by atoms with van der Waals surface area (Å²) in [6.45, 7) is -0.535. The summed E-state index contributed by atoms with van der Waals surface area (Å²) < 4.78 is 92.1. The normalized spacial score (nSPS) is 16.0. The van der Waals surface area contributed by atoms with Gasteiger partial charge in [0.1, 0.15) is 35.7 Å². The molecule has 0 heterocycles. The van der Waals surface area contributed by atoms with Gasteiger partial charge in [-0.2, -0.15) is 0 Å². The number of ketones is 1. The summed E-state index contributed by atoms with van der Waals surface area (Å²) in [7, 11) is -2.30. The number of rotatable bonds is 11. The maximum atomic E-state index is 14.2. The van der Waals surface area contributed by atoms with Gasteiger partial charge in [-0.3, -0.25) is 4.79 Å². The number of sulfone groups is 1. The fourth-order valence-electron chi connectivity index (χ4n) is 5.08. The zero-order valence-corrected chi connectivity index (χ0v) is 24.2. The summed E-state index contributed by atoms with van der Waals surface area (Å²) >= 11 is 0. The number of aryl methyl sites for hydroxylation is 2. The zero-order valence-electron chi connectivity index (χ0n) is 23.4. The van der Waals surface area contributed by atoms with Crippen LogP contribution in [0.5, 0.6) is 17.2 Å². The minimum absolute atomic E-state index is 0.0111. The van der Waals surface area contributed by atoms with Crippen molar-refractivity contribution in [1.82, 2.24) is 0 Å². The molecule has 0 saturated carbocycles. The molecule has 2 unspecified atom stereocenters. The molecule has 13 heteroatoms. The Hall–Kier alpha value is -3.84. The Morgan fingerprint density at radius 1 is 1.02 bits per heavy atom. The van der Waals surface area contributed by atoms with Crippen molar-refractivity contribution in [2.75, 3.05) is 31.9 Å². The molecule has 43 heavy (non-hydrogen) atoms. The zero-order chi connectivity index (χ0) is 31.4. The van der Waals surface area contributed by atoms with E-state index < -0.39 is 34.0 Å². The van der Waals surface area contributed by atoms with Crippen molar-refractivity contribution in [3.63, 3.8) is 0 Å². The molecule has 0 saturated heterocycles. The number of hydrogen-bond donors (Lipinski definition) is 2. The minimum atomic E-state index is -4.83. The third kappa shape index (κ3) is 8.38. The van der Waals surface area contributed by atoms with Gasteiger partial charge in [0.2, 0.25) is 0 Å². The summed E-state index contributed by atoms with van der Waals surface area (Å²) in [5.41, 5.74) is 1.93. The van der Waals surface area contributed by atoms with E-state index in [4.69, 9.17) is 9.47 Å². The van der Waals surface area contributed by atoms with Crippen LogP contribution in [0, 0.1) is 11.7 Å². The number of aliphatic hydroxyl groups excluding tert-OH is 1. The largest absolute Gasteiger partial charge is 0.573 e. The highest BCUT2D eigenvalue weighted by Gasteiger charge is 2.34. The van der Waals surface area contributed by atoms with E-state index >= 15 is 0 Å².